The topological polar surface area (TPSA) is 94.4 Å². The zero-order chi connectivity index (χ0) is 14.7. The third-order valence-corrected chi connectivity index (χ3v) is 2.30. The highest BCUT2D eigenvalue weighted by Crippen LogP contribution is 2.22. The van der Waals surface area contributed by atoms with Gasteiger partial charge in [-0.2, -0.15) is 9.97 Å². The Balaban J connectivity index is 2.28. The Morgan fingerprint density at radius 1 is 1.30 bits per heavy atom. The lowest BCUT2D eigenvalue weighted by atomic mass is 10.2. The van der Waals surface area contributed by atoms with Gasteiger partial charge in [0, 0.05) is 6.07 Å². The van der Waals surface area contributed by atoms with Crippen LogP contribution in [0.15, 0.2) is 18.2 Å². The second kappa shape index (κ2) is 5.66. The quantitative estimate of drug-likeness (QED) is 0.924. The molecule has 7 nitrogen and oxygen atoms in total. The Hall–Kier alpha value is -2.48. The van der Waals surface area contributed by atoms with Gasteiger partial charge in [-0.25, -0.2) is 9.18 Å². The van der Waals surface area contributed by atoms with Crippen molar-refractivity contribution in [2.24, 2.45) is 0 Å². The Labute approximate surface area is 117 Å². The van der Waals surface area contributed by atoms with Crippen molar-refractivity contribution >= 4 is 17.6 Å². The van der Waals surface area contributed by atoms with Gasteiger partial charge >= 0.3 is 18.0 Å². The fourth-order valence-electron chi connectivity index (χ4n) is 1.29. The van der Waals surface area contributed by atoms with Crippen LogP contribution in [0.3, 0.4) is 0 Å². The molecule has 0 aliphatic rings. The number of carbonyl (C=O) groups is 1. The molecule has 1 heterocycles. The fraction of sp³-hybridized carbons (Fsp3) is 0.0909. The van der Waals surface area contributed by atoms with Crippen LogP contribution in [0, 0.1) is 5.82 Å². The molecule has 0 fully saturated rings. The van der Waals surface area contributed by atoms with Crippen LogP contribution >= 0.6 is 11.6 Å². The average molecular weight is 300 g/mol. The predicted molar refractivity (Wildman–Crippen MR) is 64.8 cm³/mol. The minimum Gasteiger partial charge on any atom is -0.478 e. The molecule has 1 N–H and O–H groups in total. The lowest BCUT2D eigenvalue weighted by molar-refractivity contribution is 0.0692. The molecule has 0 unspecified atom stereocenters. The van der Waals surface area contributed by atoms with Crippen molar-refractivity contribution in [1.29, 1.82) is 0 Å². The molecule has 0 aliphatic carbocycles. The van der Waals surface area contributed by atoms with Gasteiger partial charge in [0.2, 0.25) is 5.28 Å². The molecule has 0 aliphatic heterocycles. The first-order valence-corrected chi connectivity index (χ1v) is 5.53. The van der Waals surface area contributed by atoms with Crippen molar-refractivity contribution in [1.82, 2.24) is 15.0 Å². The van der Waals surface area contributed by atoms with Crippen molar-refractivity contribution in [2.75, 3.05) is 7.11 Å². The van der Waals surface area contributed by atoms with E-state index in [9.17, 15) is 9.18 Å². The SMILES string of the molecule is COc1nc(Cl)nc(Oc2ccc(C(=O)O)c(F)c2)n1. The molecule has 0 atom stereocenters. The number of methoxy groups -OCH3 is 1. The van der Waals surface area contributed by atoms with Crippen LogP contribution < -0.4 is 9.47 Å². The van der Waals surface area contributed by atoms with Gasteiger partial charge in [-0.05, 0) is 23.7 Å². The smallest absolute Gasteiger partial charge is 0.338 e. The molecular formula is C11H7ClFN3O4. The van der Waals surface area contributed by atoms with Crippen LogP contribution in [0.2, 0.25) is 5.28 Å². The molecule has 2 aromatic rings. The number of aromatic nitrogens is 3. The lowest BCUT2D eigenvalue weighted by Gasteiger charge is -2.06. The lowest BCUT2D eigenvalue weighted by Crippen LogP contribution is -2.02. The van der Waals surface area contributed by atoms with Gasteiger partial charge in [0.25, 0.3) is 0 Å². The minimum atomic E-state index is -1.38. The molecule has 0 saturated carbocycles. The van der Waals surface area contributed by atoms with Crippen LogP contribution in [0.1, 0.15) is 10.4 Å². The predicted octanol–water partition coefficient (Wildman–Crippen LogP) is 2.16. The fourth-order valence-corrected chi connectivity index (χ4v) is 1.43. The highest BCUT2D eigenvalue weighted by atomic mass is 35.5. The average Bonchev–Trinajstić information content (AvgIpc) is 2.37. The van der Waals surface area contributed by atoms with E-state index in [4.69, 9.17) is 26.2 Å². The maximum atomic E-state index is 13.5. The molecule has 20 heavy (non-hydrogen) atoms. The number of carboxylic acid groups (broad SMARTS) is 1. The number of hydrogen-bond acceptors (Lipinski definition) is 6. The first kappa shape index (κ1) is 13.9. The third kappa shape index (κ3) is 3.09. The van der Waals surface area contributed by atoms with Crippen LogP contribution in [0.5, 0.6) is 17.8 Å². The molecule has 0 saturated heterocycles. The number of rotatable bonds is 4. The second-order valence-corrected chi connectivity index (χ2v) is 3.76. The Kier molecular flexibility index (Phi) is 3.94. The number of hydrogen-bond donors (Lipinski definition) is 1. The molecule has 2 rings (SSSR count). The van der Waals surface area contributed by atoms with Crippen molar-refractivity contribution < 1.29 is 23.8 Å². The molecule has 104 valence electrons. The van der Waals surface area contributed by atoms with Gasteiger partial charge in [-0.15, -0.1) is 4.98 Å². The highest BCUT2D eigenvalue weighted by molar-refractivity contribution is 6.28. The van der Waals surface area contributed by atoms with Gasteiger partial charge in [0.05, 0.1) is 12.7 Å². The summed E-state index contributed by atoms with van der Waals surface area (Å²) in [6, 6.07) is 2.95. The summed E-state index contributed by atoms with van der Waals surface area (Å²) in [7, 11) is 1.33. The standard InChI is InChI=1S/C11H7ClFN3O4/c1-19-10-14-9(12)15-11(16-10)20-5-2-3-6(8(17)18)7(13)4-5/h2-4H,1H3,(H,17,18). The van der Waals surface area contributed by atoms with E-state index in [1.165, 1.54) is 13.2 Å². The number of halogens is 2. The number of nitrogens with zero attached hydrogens (tertiary/aromatic N) is 3. The van der Waals surface area contributed by atoms with E-state index in [0.29, 0.717) is 0 Å². The highest BCUT2D eigenvalue weighted by Gasteiger charge is 2.13. The maximum absolute atomic E-state index is 13.5. The van der Waals surface area contributed by atoms with Gasteiger partial charge in [-0.3, -0.25) is 0 Å². The zero-order valence-electron chi connectivity index (χ0n) is 10.0. The Morgan fingerprint density at radius 2 is 2.00 bits per heavy atom. The summed E-state index contributed by atoms with van der Waals surface area (Å²) in [5, 5.41) is 8.55. The van der Waals surface area contributed by atoms with Crippen molar-refractivity contribution in [2.45, 2.75) is 0 Å². The molecule has 0 spiro atoms. The summed E-state index contributed by atoms with van der Waals surface area (Å²) in [6.07, 6.45) is 0. The van der Waals surface area contributed by atoms with E-state index in [0.717, 1.165) is 12.1 Å². The first-order chi connectivity index (χ1) is 9.49. The monoisotopic (exact) mass is 299 g/mol. The van der Waals surface area contributed by atoms with E-state index in [1.54, 1.807) is 0 Å². The van der Waals surface area contributed by atoms with Gasteiger partial charge < -0.3 is 14.6 Å². The summed E-state index contributed by atoms with van der Waals surface area (Å²) in [6.45, 7) is 0. The normalized spacial score (nSPS) is 10.2. The maximum Gasteiger partial charge on any atom is 0.338 e. The van der Waals surface area contributed by atoms with E-state index in [2.05, 4.69) is 15.0 Å². The van der Waals surface area contributed by atoms with Crippen molar-refractivity contribution in [3.05, 3.63) is 34.9 Å². The summed E-state index contributed by atoms with van der Waals surface area (Å²) in [4.78, 5) is 21.7. The second-order valence-electron chi connectivity index (χ2n) is 3.42. The van der Waals surface area contributed by atoms with Gasteiger partial charge in [-0.1, -0.05) is 0 Å². The Bertz CT molecular complexity index is 668. The zero-order valence-corrected chi connectivity index (χ0v) is 10.8. The van der Waals surface area contributed by atoms with E-state index < -0.39 is 17.3 Å². The van der Waals surface area contributed by atoms with Crippen LogP contribution in [-0.4, -0.2) is 33.1 Å². The minimum absolute atomic E-state index is 0.0109. The van der Waals surface area contributed by atoms with E-state index >= 15 is 0 Å². The molecular weight excluding hydrogens is 293 g/mol. The molecule has 1 aromatic carbocycles. The van der Waals surface area contributed by atoms with E-state index in [1.807, 2.05) is 0 Å². The molecule has 0 bridgehead atoms. The summed E-state index contributed by atoms with van der Waals surface area (Å²) < 4.78 is 23.4. The summed E-state index contributed by atoms with van der Waals surface area (Å²) >= 11 is 5.62. The number of ether oxygens (including phenoxy) is 2. The summed E-state index contributed by atoms with van der Waals surface area (Å²) in [5.41, 5.74) is -0.469. The molecule has 9 heteroatoms. The largest absolute Gasteiger partial charge is 0.478 e. The van der Waals surface area contributed by atoms with Gasteiger partial charge in [0.15, 0.2) is 0 Å². The molecule has 1 aromatic heterocycles. The number of carboxylic acids is 1. The van der Waals surface area contributed by atoms with Gasteiger partial charge in [0.1, 0.15) is 11.6 Å². The van der Waals surface area contributed by atoms with Crippen molar-refractivity contribution in [3.8, 4) is 17.8 Å². The van der Waals surface area contributed by atoms with Crippen LogP contribution in [0.4, 0.5) is 4.39 Å². The van der Waals surface area contributed by atoms with E-state index in [-0.39, 0.29) is 23.1 Å². The van der Waals surface area contributed by atoms with Crippen LogP contribution in [0.25, 0.3) is 0 Å². The molecule has 0 radical (unpaired) electrons. The summed E-state index contributed by atoms with van der Waals surface area (Å²) in [5.74, 6) is -2.31. The first-order valence-electron chi connectivity index (χ1n) is 5.16. The molecule has 0 amide bonds. The Morgan fingerprint density at radius 3 is 2.60 bits per heavy atom. The van der Waals surface area contributed by atoms with Crippen LogP contribution in [-0.2, 0) is 0 Å². The number of aromatic carboxylic acids is 1. The third-order valence-electron chi connectivity index (χ3n) is 2.13. The van der Waals surface area contributed by atoms with Crippen molar-refractivity contribution in [3.63, 3.8) is 0 Å². The number of benzene rings is 1.